The second kappa shape index (κ2) is 8.47. The Kier molecular flexibility index (Phi) is 6.35. The van der Waals surface area contributed by atoms with Crippen molar-refractivity contribution in [1.29, 1.82) is 0 Å². The van der Waals surface area contributed by atoms with E-state index in [2.05, 4.69) is 15.8 Å². The van der Waals surface area contributed by atoms with E-state index in [-0.39, 0.29) is 0 Å². The first-order valence-corrected chi connectivity index (χ1v) is 7.94. The monoisotopic (exact) mass is 363 g/mol. The van der Waals surface area contributed by atoms with Gasteiger partial charge in [-0.3, -0.25) is 9.59 Å². The molecule has 5 nitrogen and oxygen atoms in total. The summed E-state index contributed by atoms with van der Waals surface area (Å²) >= 11 is 12.0. The third-order valence-electron chi connectivity index (χ3n) is 3.21. The Labute approximate surface area is 149 Å². The number of rotatable bonds is 4. The summed E-state index contributed by atoms with van der Waals surface area (Å²) in [6.07, 6.45) is 2.02. The maximum atomic E-state index is 11.9. The number of hydrogen-bond donors (Lipinski definition) is 2. The van der Waals surface area contributed by atoms with Crippen molar-refractivity contribution in [3.63, 3.8) is 0 Å². The molecule has 0 heterocycles. The van der Waals surface area contributed by atoms with Crippen molar-refractivity contribution >= 4 is 46.9 Å². The topological polar surface area (TPSA) is 70.6 Å². The number of nitrogens with zero attached hydrogens (tertiary/aromatic N) is 1. The Morgan fingerprint density at radius 1 is 1.04 bits per heavy atom. The van der Waals surface area contributed by atoms with Crippen molar-refractivity contribution in [3.05, 3.63) is 63.6 Å². The van der Waals surface area contributed by atoms with Crippen LogP contribution < -0.4 is 10.7 Å². The van der Waals surface area contributed by atoms with Crippen LogP contribution in [0.3, 0.4) is 0 Å². The van der Waals surface area contributed by atoms with Crippen molar-refractivity contribution in [2.75, 3.05) is 5.32 Å². The van der Waals surface area contributed by atoms with E-state index in [1.807, 2.05) is 19.1 Å². The van der Waals surface area contributed by atoms with Crippen LogP contribution in [0.1, 0.15) is 18.1 Å². The number of hydrogen-bond acceptors (Lipinski definition) is 3. The van der Waals surface area contributed by atoms with E-state index < -0.39 is 11.8 Å². The lowest BCUT2D eigenvalue weighted by Crippen LogP contribution is -2.32. The van der Waals surface area contributed by atoms with E-state index in [9.17, 15) is 9.59 Å². The van der Waals surface area contributed by atoms with E-state index >= 15 is 0 Å². The highest BCUT2D eigenvalue weighted by Gasteiger charge is 2.14. The fourth-order valence-electron chi connectivity index (χ4n) is 1.97. The molecule has 0 fully saturated rings. The Morgan fingerprint density at radius 2 is 1.71 bits per heavy atom. The SMILES string of the molecule is CCc1ccccc1NC(=O)C(=O)N/N=C/c1c(Cl)cccc1Cl. The van der Waals surface area contributed by atoms with Crippen molar-refractivity contribution in [2.24, 2.45) is 5.10 Å². The zero-order valence-corrected chi connectivity index (χ0v) is 14.4. The van der Waals surface area contributed by atoms with Crippen molar-refractivity contribution in [3.8, 4) is 0 Å². The summed E-state index contributed by atoms with van der Waals surface area (Å²) in [6.45, 7) is 1.96. The molecule has 0 saturated carbocycles. The summed E-state index contributed by atoms with van der Waals surface area (Å²) in [6, 6.07) is 12.2. The molecule has 0 atom stereocenters. The number of hydrazone groups is 1. The molecule has 0 aliphatic carbocycles. The van der Waals surface area contributed by atoms with E-state index in [0.29, 0.717) is 21.3 Å². The number of anilines is 1. The second-order valence-electron chi connectivity index (χ2n) is 4.80. The molecule has 0 bridgehead atoms. The third kappa shape index (κ3) is 4.57. The fraction of sp³-hybridized carbons (Fsp3) is 0.118. The lowest BCUT2D eigenvalue weighted by Gasteiger charge is -2.08. The van der Waals surface area contributed by atoms with Gasteiger partial charge in [-0.05, 0) is 30.2 Å². The minimum Gasteiger partial charge on any atom is -0.317 e. The van der Waals surface area contributed by atoms with Gasteiger partial charge in [-0.1, -0.05) is 54.4 Å². The summed E-state index contributed by atoms with van der Waals surface area (Å²) < 4.78 is 0. The van der Waals surface area contributed by atoms with Gasteiger partial charge in [0, 0.05) is 11.3 Å². The molecule has 2 aromatic carbocycles. The molecule has 24 heavy (non-hydrogen) atoms. The molecular weight excluding hydrogens is 349 g/mol. The van der Waals surface area contributed by atoms with Gasteiger partial charge in [0.05, 0.1) is 16.3 Å². The first-order chi connectivity index (χ1) is 11.5. The largest absolute Gasteiger partial charge is 0.329 e. The second-order valence-corrected chi connectivity index (χ2v) is 5.61. The molecule has 0 aliphatic heterocycles. The van der Waals surface area contributed by atoms with Crippen LogP contribution >= 0.6 is 23.2 Å². The molecule has 124 valence electrons. The Bertz CT molecular complexity index is 771. The predicted molar refractivity (Wildman–Crippen MR) is 96.6 cm³/mol. The lowest BCUT2D eigenvalue weighted by atomic mass is 10.1. The normalized spacial score (nSPS) is 10.6. The van der Waals surface area contributed by atoms with Crippen molar-refractivity contribution in [2.45, 2.75) is 13.3 Å². The number of aryl methyl sites for hydroxylation is 1. The first-order valence-electron chi connectivity index (χ1n) is 7.19. The maximum Gasteiger partial charge on any atom is 0.329 e. The summed E-state index contributed by atoms with van der Waals surface area (Å²) in [5.74, 6) is -1.70. The fourth-order valence-corrected chi connectivity index (χ4v) is 2.46. The van der Waals surface area contributed by atoms with E-state index in [4.69, 9.17) is 23.2 Å². The van der Waals surface area contributed by atoms with Crippen LogP contribution in [-0.4, -0.2) is 18.0 Å². The van der Waals surface area contributed by atoms with Gasteiger partial charge in [-0.25, -0.2) is 5.43 Å². The summed E-state index contributed by atoms with van der Waals surface area (Å²) in [4.78, 5) is 23.7. The number of amides is 2. The van der Waals surface area contributed by atoms with Crippen LogP contribution in [-0.2, 0) is 16.0 Å². The summed E-state index contributed by atoms with van der Waals surface area (Å²) in [5, 5.41) is 7.05. The first kappa shape index (κ1) is 18.0. The number of nitrogens with one attached hydrogen (secondary N) is 2. The van der Waals surface area contributed by atoms with Crippen molar-refractivity contribution in [1.82, 2.24) is 5.43 Å². The quantitative estimate of drug-likeness (QED) is 0.494. The number of benzene rings is 2. The maximum absolute atomic E-state index is 11.9. The van der Waals surface area contributed by atoms with Gasteiger partial charge < -0.3 is 5.32 Å². The Morgan fingerprint density at radius 3 is 2.38 bits per heavy atom. The van der Waals surface area contributed by atoms with Crippen LogP contribution in [0, 0.1) is 0 Å². The van der Waals surface area contributed by atoms with Crippen LogP contribution in [0.5, 0.6) is 0 Å². The van der Waals surface area contributed by atoms with E-state index in [1.165, 1.54) is 6.21 Å². The Hall–Kier alpha value is -2.37. The molecule has 0 aromatic heterocycles. The predicted octanol–water partition coefficient (Wildman–Crippen LogP) is 3.64. The molecule has 2 N–H and O–H groups in total. The molecule has 7 heteroatoms. The highest BCUT2D eigenvalue weighted by atomic mass is 35.5. The number of halogens is 2. The van der Waals surface area contributed by atoms with Crippen LogP contribution in [0.25, 0.3) is 0 Å². The van der Waals surface area contributed by atoms with Crippen molar-refractivity contribution < 1.29 is 9.59 Å². The van der Waals surface area contributed by atoms with Gasteiger partial charge >= 0.3 is 11.8 Å². The van der Waals surface area contributed by atoms with Gasteiger partial charge in [-0.15, -0.1) is 0 Å². The lowest BCUT2D eigenvalue weighted by molar-refractivity contribution is -0.136. The molecule has 2 aromatic rings. The summed E-state index contributed by atoms with van der Waals surface area (Å²) in [5.41, 5.74) is 4.13. The van der Waals surface area contributed by atoms with Gasteiger partial charge in [0.25, 0.3) is 0 Å². The van der Waals surface area contributed by atoms with Gasteiger partial charge in [0.15, 0.2) is 0 Å². The number of carbonyl (C=O) groups is 2. The van der Waals surface area contributed by atoms with Gasteiger partial charge in [0.1, 0.15) is 0 Å². The van der Waals surface area contributed by atoms with Crippen LogP contribution in [0.4, 0.5) is 5.69 Å². The molecule has 0 radical (unpaired) electrons. The molecule has 0 unspecified atom stereocenters. The van der Waals surface area contributed by atoms with Gasteiger partial charge in [0.2, 0.25) is 0 Å². The highest BCUT2D eigenvalue weighted by Crippen LogP contribution is 2.22. The van der Waals surface area contributed by atoms with E-state index in [0.717, 1.165) is 12.0 Å². The minimum absolute atomic E-state index is 0.391. The van der Waals surface area contributed by atoms with Crippen LogP contribution in [0.2, 0.25) is 10.0 Å². The number of para-hydroxylation sites is 1. The zero-order chi connectivity index (χ0) is 17.5. The third-order valence-corrected chi connectivity index (χ3v) is 3.87. The average Bonchev–Trinajstić information content (AvgIpc) is 2.57. The molecular formula is C17H15Cl2N3O2. The molecule has 0 saturated heterocycles. The standard InChI is InChI=1S/C17H15Cl2N3O2/c1-2-11-6-3-4-9-15(11)21-16(23)17(24)22-20-10-12-13(18)7-5-8-14(12)19/h3-10H,2H2,1H3,(H,21,23)(H,22,24)/b20-10+. The zero-order valence-electron chi connectivity index (χ0n) is 12.8. The smallest absolute Gasteiger partial charge is 0.317 e. The summed E-state index contributed by atoms with van der Waals surface area (Å²) in [7, 11) is 0. The molecule has 0 spiro atoms. The number of carbonyl (C=O) groups excluding carboxylic acids is 2. The van der Waals surface area contributed by atoms with Gasteiger partial charge in [-0.2, -0.15) is 5.10 Å². The molecule has 0 aliphatic rings. The van der Waals surface area contributed by atoms with Crippen LogP contribution in [0.15, 0.2) is 47.6 Å². The average molecular weight is 364 g/mol. The molecule has 2 amide bonds. The molecule has 2 rings (SSSR count). The minimum atomic E-state index is -0.889. The van der Waals surface area contributed by atoms with E-state index in [1.54, 1.807) is 30.3 Å². The highest BCUT2D eigenvalue weighted by molar-refractivity contribution is 6.40. The Balaban J connectivity index is 1.99.